The van der Waals surface area contributed by atoms with Crippen molar-refractivity contribution >= 4 is 12.1 Å². The van der Waals surface area contributed by atoms with Gasteiger partial charge in [0, 0.05) is 0 Å². The average Bonchev–Trinajstić information content (AvgIpc) is 1.88. The standard InChI is InChI=1S/C5H5N3O2/c6-4-3(1-9)5(10)8-2-7-4/h1-2H,(H3,6,7,8,10). The predicted octanol–water partition coefficient (Wildman–Crippen LogP) is -0.835. The summed E-state index contributed by atoms with van der Waals surface area (Å²) in [5.41, 5.74) is 4.54. The highest BCUT2D eigenvalue weighted by molar-refractivity contribution is 5.80. The van der Waals surface area contributed by atoms with Crippen molar-refractivity contribution in [2.75, 3.05) is 5.73 Å². The third kappa shape index (κ3) is 0.883. The van der Waals surface area contributed by atoms with Crippen molar-refractivity contribution in [1.82, 2.24) is 9.97 Å². The van der Waals surface area contributed by atoms with Crippen molar-refractivity contribution in [2.24, 2.45) is 0 Å². The van der Waals surface area contributed by atoms with E-state index in [1.54, 1.807) is 0 Å². The predicted molar refractivity (Wildman–Crippen MR) is 34.7 cm³/mol. The molecule has 0 fully saturated rings. The molecule has 0 radical (unpaired) electrons. The van der Waals surface area contributed by atoms with Crippen molar-refractivity contribution in [3.8, 4) is 0 Å². The van der Waals surface area contributed by atoms with Crippen LogP contribution in [0.5, 0.6) is 0 Å². The second-order valence-corrected chi connectivity index (χ2v) is 1.65. The van der Waals surface area contributed by atoms with E-state index in [2.05, 4.69) is 9.97 Å². The van der Waals surface area contributed by atoms with E-state index in [4.69, 9.17) is 5.73 Å². The van der Waals surface area contributed by atoms with E-state index in [0.717, 1.165) is 6.33 Å². The molecule has 1 aromatic rings. The van der Waals surface area contributed by atoms with Crippen molar-refractivity contribution in [1.29, 1.82) is 0 Å². The van der Waals surface area contributed by atoms with Gasteiger partial charge in [-0.1, -0.05) is 0 Å². The summed E-state index contributed by atoms with van der Waals surface area (Å²) in [7, 11) is 0. The molecule has 0 saturated heterocycles. The van der Waals surface area contributed by atoms with E-state index >= 15 is 0 Å². The zero-order valence-corrected chi connectivity index (χ0v) is 5.00. The van der Waals surface area contributed by atoms with Gasteiger partial charge in [0.25, 0.3) is 5.56 Å². The first-order valence-electron chi connectivity index (χ1n) is 2.54. The van der Waals surface area contributed by atoms with Gasteiger partial charge in [-0.3, -0.25) is 9.59 Å². The van der Waals surface area contributed by atoms with E-state index in [0.29, 0.717) is 6.29 Å². The molecule has 3 N–H and O–H groups in total. The van der Waals surface area contributed by atoms with Gasteiger partial charge in [0.1, 0.15) is 11.4 Å². The van der Waals surface area contributed by atoms with E-state index < -0.39 is 5.56 Å². The Morgan fingerprint density at radius 1 is 1.70 bits per heavy atom. The molecule has 0 saturated carbocycles. The van der Waals surface area contributed by atoms with Gasteiger partial charge in [-0.25, -0.2) is 4.98 Å². The summed E-state index contributed by atoms with van der Waals surface area (Å²) in [4.78, 5) is 26.5. The second kappa shape index (κ2) is 2.30. The van der Waals surface area contributed by atoms with E-state index in [9.17, 15) is 9.59 Å². The van der Waals surface area contributed by atoms with Gasteiger partial charge in [-0.15, -0.1) is 0 Å². The molecule has 1 heterocycles. The number of carbonyl (C=O) groups is 1. The molecule has 1 rings (SSSR count). The quantitative estimate of drug-likeness (QED) is 0.496. The minimum atomic E-state index is -0.512. The maximum Gasteiger partial charge on any atom is 0.263 e. The van der Waals surface area contributed by atoms with Gasteiger partial charge in [-0.05, 0) is 0 Å². The maximum absolute atomic E-state index is 10.7. The topological polar surface area (TPSA) is 88.8 Å². The zero-order valence-electron chi connectivity index (χ0n) is 5.00. The van der Waals surface area contributed by atoms with Crippen LogP contribution in [0.15, 0.2) is 11.1 Å². The SMILES string of the molecule is Nc1nc[nH]c(=O)c1C=O. The zero-order chi connectivity index (χ0) is 7.56. The molecule has 5 nitrogen and oxygen atoms in total. The number of rotatable bonds is 1. The summed E-state index contributed by atoms with van der Waals surface area (Å²) in [6.07, 6.45) is 1.52. The maximum atomic E-state index is 10.7. The number of nitrogens with two attached hydrogens (primary N) is 1. The highest BCUT2D eigenvalue weighted by Crippen LogP contribution is 1.93. The Kier molecular flexibility index (Phi) is 1.49. The van der Waals surface area contributed by atoms with Crippen molar-refractivity contribution in [2.45, 2.75) is 0 Å². The lowest BCUT2D eigenvalue weighted by Crippen LogP contribution is -2.15. The molecular formula is C5H5N3O2. The molecule has 1 aromatic heterocycles. The Morgan fingerprint density at radius 2 is 2.40 bits per heavy atom. The minimum Gasteiger partial charge on any atom is -0.383 e. The molecule has 0 aliphatic carbocycles. The average molecular weight is 139 g/mol. The molecule has 5 heteroatoms. The van der Waals surface area contributed by atoms with Crippen LogP contribution in [-0.2, 0) is 0 Å². The Hall–Kier alpha value is -1.65. The molecule has 0 unspecified atom stereocenters. The first-order chi connectivity index (χ1) is 4.75. The fourth-order valence-electron chi connectivity index (χ4n) is 0.538. The van der Waals surface area contributed by atoms with E-state index in [-0.39, 0.29) is 11.4 Å². The molecule has 0 atom stereocenters. The van der Waals surface area contributed by atoms with Gasteiger partial charge in [0.2, 0.25) is 0 Å². The van der Waals surface area contributed by atoms with Crippen LogP contribution in [0.2, 0.25) is 0 Å². The fraction of sp³-hybridized carbons (Fsp3) is 0. The minimum absolute atomic E-state index is 0.0428. The normalized spacial score (nSPS) is 9.20. The summed E-state index contributed by atoms with van der Waals surface area (Å²) in [5.74, 6) is -0.0428. The Morgan fingerprint density at radius 3 is 2.80 bits per heavy atom. The Labute approximate surface area is 55.9 Å². The third-order valence-electron chi connectivity index (χ3n) is 1.04. The van der Waals surface area contributed by atoms with Crippen molar-refractivity contribution < 1.29 is 4.79 Å². The summed E-state index contributed by atoms with van der Waals surface area (Å²) in [5, 5.41) is 0. The smallest absolute Gasteiger partial charge is 0.263 e. The summed E-state index contributed by atoms with van der Waals surface area (Å²) < 4.78 is 0. The highest BCUT2D eigenvalue weighted by Gasteiger charge is 2.01. The second-order valence-electron chi connectivity index (χ2n) is 1.65. The summed E-state index contributed by atoms with van der Waals surface area (Å²) in [6.45, 7) is 0. The molecule has 10 heavy (non-hydrogen) atoms. The number of nitrogens with zero attached hydrogens (tertiary/aromatic N) is 1. The third-order valence-corrected chi connectivity index (χ3v) is 1.04. The van der Waals surface area contributed by atoms with Crippen LogP contribution in [0.4, 0.5) is 5.82 Å². The molecule has 0 amide bonds. The summed E-state index contributed by atoms with van der Waals surface area (Å²) in [6, 6.07) is 0. The first-order valence-corrected chi connectivity index (χ1v) is 2.54. The van der Waals surface area contributed by atoms with Crippen LogP contribution < -0.4 is 11.3 Å². The fourth-order valence-corrected chi connectivity index (χ4v) is 0.538. The summed E-state index contributed by atoms with van der Waals surface area (Å²) >= 11 is 0. The number of H-pyrrole nitrogens is 1. The monoisotopic (exact) mass is 139 g/mol. The lowest BCUT2D eigenvalue weighted by Gasteiger charge is -1.91. The number of aldehydes is 1. The van der Waals surface area contributed by atoms with Crippen LogP contribution in [0.3, 0.4) is 0 Å². The van der Waals surface area contributed by atoms with Crippen molar-refractivity contribution in [3.05, 3.63) is 22.2 Å². The number of aromatic amines is 1. The molecule has 0 aliphatic heterocycles. The van der Waals surface area contributed by atoms with Crippen molar-refractivity contribution in [3.63, 3.8) is 0 Å². The number of nitrogen functional groups attached to an aromatic ring is 1. The van der Waals surface area contributed by atoms with E-state index in [1.807, 2.05) is 0 Å². The van der Waals surface area contributed by atoms with Crippen LogP contribution >= 0.6 is 0 Å². The molecule has 0 bridgehead atoms. The number of anilines is 1. The molecule has 52 valence electrons. The number of carbonyl (C=O) groups excluding carboxylic acids is 1. The number of nitrogens with one attached hydrogen (secondary N) is 1. The highest BCUT2D eigenvalue weighted by atomic mass is 16.1. The Bertz CT molecular complexity index is 304. The van der Waals surface area contributed by atoms with Crippen LogP contribution in [-0.4, -0.2) is 16.3 Å². The first kappa shape index (κ1) is 6.47. The molecular weight excluding hydrogens is 134 g/mol. The van der Waals surface area contributed by atoms with E-state index in [1.165, 1.54) is 0 Å². The Balaban J connectivity index is 3.45. The lowest BCUT2D eigenvalue weighted by atomic mass is 10.3. The molecule has 0 aliphatic rings. The van der Waals surface area contributed by atoms with Crippen LogP contribution in [0, 0.1) is 0 Å². The number of aromatic nitrogens is 2. The van der Waals surface area contributed by atoms with Crippen LogP contribution in [0.25, 0.3) is 0 Å². The van der Waals surface area contributed by atoms with Gasteiger partial charge in [0.05, 0.1) is 6.33 Å². The lowest BCUT2D eigenvalue weighted by molar-refractivity contribution is 0.112. The van der Waals surface area contributed by atoms with Gasteiger partial charge in [0.15, 0.2) is 6.29 Å². The van der Waals surface area contributed by atoms with Gasteiger partial charge >= 0.3 is 0 Å². The van der Waals surface area contributed by atoms with Gasteiger partial charge in [-0.2, -0.15) is 0 Å². The molecule has 0 aromatic carbocycles. The van der Waals surface area contributed by atoms with Crippen LogP contribution in [0.1, 0.15) is 10.4 Å². The molecule has 0 spiro atoms. The van der Waals surface area contributed by atoms with Gasteiger partial charge < -0.3 is 10.7 Å². The largest absolute Gasteiger partial charge is 0.383 e. The number of hydrogen-bond acceptors (Lipinski definition) is 4. The number of hydrogen-bond donors (Lipinski definition) is 2.